The van der Waals surface area contributed by atoms with Gasteiger partial charge < -0.3 is 5.73 Å². The van der Waals surface area contributed by atoms with Crippen LogP contribution < -0.4 is 5.73 Å². The van der Waals surface area contributed by atoms with Crippen LogP contribution in [0, 0.1) is 0 Å². The summed E-state index contributed by atoms with van der Waals surface area (Å²) in [4.78, 5) is 1.81. The van der Waals surface area contributed by atoms with Crippen molar-refractivity contribution in [2.24, 2.45) is 5.73 Å². The molecule has 13 heavy (non-hydrogen) atoms. The van der Waals surface area contributed by atoms with Gasteiger partial charge in [0.1, 0.15) is 0 Å². The minimum Gasteiger partial charge on any atom is -0.328 e. The minimum absolute atomic E-state index is 0. The molecule has 0 unspecified atom stereocenters. The monoisotopic (exact) mass is 202 g/mol. The van der Waals surface area contributed by atoms with Crippen molar-refractivity contribution in [1.29, 1.82) is 0 Å². The van der Waals surface area contributed by atoms with Crippen molar-refractivity contribution >= 4 is 12.4 Å². The fourth-order valence-corrected chi connectivity index (χ4v) is 1.75. The van der Waals surface area contributed by atoms with Crippen molar-refractivity contribution in [3.05, 3.63) is 12.4 Å². The Morgan fingerprint density at radius 1 is 1.08 bits per heavy atom. The third-order valence-electron chi connectivity index (χ3n) is 2.50. The van der Waals surface area contributed by atoms with Crippen LogP contribution in [0.15, 0.2) is 12.4 Å². The molecule has 0 atom stereocenters. The summed E-state index contributed by atoms with van der Waals surface area (Å²) in [5.74, 6) is 0. The van der Waals surface area contributed by atoms with Crippen molar-refractivity contribution < 1.29 is 0 Å². The van der Waals surface area contributed by atoms with Gasteiger partial charge in [-0.05, 0) is 25.7 Å². The Morgan fingerprint density at radius 3 is 2.15 bits per heavy atom. The van der Waals surface area contributed by atoms with E-state index in [9.17, 15) is 0 Å². The van der Waals surface area contributed by atoms with E-state index in [4.69, 9.17) is 5.73 Å². The van der Waals surface area contributed by atoms with E-state index in [1.165, 1.54) is 0 Å². The first-order valence-corrected chi connectivity index (χ1v) is 4.47. The van der Waals surface area contributed by atoms with Crippen molar-refractivity contribution in [2.75, 3.05) is 0 Å². The van der Waals surface area contributed by atoms with Gasteiger partial charge in [0.2, 0.25) is 0 Å². The van der Waals surface area contributed by atoms with Crippen LogP contribution in [0.3, 0.4) is 0 Å². The maximum absolute atomic E-state index is 5.80. The zero-order valence-electron chi connectivity index (χ0n) is 7.47. The van der Waals surface area contributed by atoms with E-state index in [1.54, 1.807) is 12.4 Å². The van der Waals surface area contributed by atoms with Crippen LogP contribution in [-0.2, 0) is 0 Å². The smallest absolute Gasteiger partial charge is 0.0717 e. The van der Waals surface area contributed by atoms with Crippen LogP contribution in [0.2, 0.25) is 0 Å². The van der Waals surface area contributed by atoms with Gasteiger partial charge >= 0.3 is 0 Å². The summed E-state index contributed by atoms with van der Waals surface area (Å²) < 4.78 is 0. The number of nitrogens with two attached hydrogens (primary N) is 1. The molecule has 1 aliphatic carbocycles. The van der Waals surface area contributed by atoms with Gasteiger partial charge in [-0.15, -0.1) is 12.4 Å². The molecular weight excluding hydrogens is 188 g/mol. The zero-order valence-corrected chi connectivity index (χ0v) is 8.28. The molecule has 1 saturated carbocycles. The average Bonchev–Trinajstić information content (AvgIpc) is 2.58. The van der Waals surface area contributed by atoms with Gasteiger partial charge in [-0.3, -0.25) is 0 Å². The summed E-state index contributed by atoms with van der Waals surface area (Å²) in [6.07, 6.45) is 7.91. The highest BCUT2D eigenvalue weighted by atomic mass is 35.5. The lowest BCUT2D eigenvalue weighted by molar-refractivity contribution is 0.281. The zero-order chi connectivity index (χ0) is 8.39. The maximum atomic E-state index is 5.80. The van der Waals surface area contributed by atoms with Crippen molar-refractivity contribution in [1.82, 2.24) is 15.0 Å². The van der Waals surface area contributed by atoms with Crippen LogP contribution in [0.5, 0.6) is 0 Å². The fourth-order valence-electron chi connectivity index (χ4n) is 1.75. The molecule has 0 aromatic carbocycles. The molecule has 1 aliphatic rings. The molecule has 1 aromatic rings. The number of hydrogen-bond acceptors (Lipinski definition) is 3. The molecule has 0 bridgehead atoms. The Kier molecular flexibility index (Phi) is 3.69. The molecule has 0 spiro atoms. The summed E-state index contributed by atoms with van der Waals surface area (Å²) in [6, 6.07) is 0.886. The van der Waals surface area contributed by atoms with Crippen LogP contribution >= 0.6 is 12.4 Å². The second-order valence-electron chi connectivity index (χ2n) is 3.42. The number of aromatic nitrogens is 3. The van der Waals surface area contributed by atoms with Gasteiger partial charge in [-0.25, -0.2) is 0 Å². The molecule has 1 fully saturated rings. The average molecular weight is 203 g/mol. The van der Waals surface area contributed by atoms with Crippen LogP contribution in [0.4, 0.5) is 0 Å². The lowest BCUT2D eigenvalue weighted by Gasteiger charge is -2.24. The molecule has 0 aliphatic heterocycles. The van der Waals surface area contributed by atoms with E-state index < -0.39 is 0 Å². The third-order valence-corrected chi connectivity index (χ3v) is 2.50. The predicted octanol–water partition coefficient (Wildman–Crippen LogP) is 1.14. The second-order valence-corrected chi connectivity index (χ2v) is 3.42. The number of rotatable bonds is 1. The topological polar surface area (TPSA) is 56.7 Å². The van der Waals surface area contributed by atoms with E-state index in [1.807, 2.05) is 4.80 Å². The van der Waals surface area contributed by atoms with Crippen LogP contribution in [0.25, 0.3) is 0 Å². The third kappa shape index (κ3) is 2.42. The molecule has 5 heteroatoms. The van der Waals surface area contributed by atoms with Crippen molar-refractivity contribution in [3.8, 4) is 0 Å². The summed E-state index contributed by atoms with van der Waals surface area (Å²) in [5, 5.41) is 8.26. The SMILES string of the molecule is Cl.NC1CCC(n2nccn2)CC1. The van der Waals surface area contributed by atoms with Crippen LogP contribution in [-0.4, -0.2) is 21.0 Å². The van der Waals surface area contributed by atoms with Gasteiger partial charge in [-0.1, -0.05) is 0 Å². The van der Waals surface area contributed by atoms with Gasteiger partial charge in [0.25, 0.3) is 0 Å². The van der Waals surface area contributed by atoms with Gasteiger partial charge in [0, 0.05) is 6.04 Å². The molecule has 4 nitrogen and oxygen atoms in total. The van der Waals surface area contributed by atoms with Crippen molar-refractivity contribution in [3.63, 3.8) is 0 Å². The molecule has 1 aromatic heterocycles. The number of halogens is 1. The summed E-state index contributed by atoms with van der Waals surface area (Å²) >= 11 is 0. The van der Waals surface area contributed by atoms with E-state index >= 15 is 0 Å². The van der Waals surface area contributed by atoms with Crippen molar-refractivity contribution in [2.45, 2.75) is 37.8 Å². The summed E-state index contributed by atoms with van der Waals surface area (Å²) in [5.41, 5.74) is 5.80. The fraction of sp³-hybridized carbons (Fsp3) is 0.750. The Labute approximate surface area is 83.9 Å². The molecule has 0 amide bonds. The molecule has 2 N–H and O–H groups in total. The largest absolute Gasteiger partial charge is 0.328 e. The van der Waals surface area contributed by atoms with Crippen LogP contribution in [0.1, 0.15) is 31.7 Å². The Balaban J connectivity index is 0.000000845. The van der Waals surface area contributed by atoms with Gasteiger partial charge in [-0.2, -0.15) is 15.0 Å². The highest BCUT2D eigenvalue weighted by molar-refractivity contribution is 5.85. The predicted molar refractivity (Wildman–Crippen MR) is 52.8 cm³/mol. The van der Waals surface area contributed by atoms with Gasteiger partial charge in [0.15, 0.2) is 0 Å². The standard InChI is InChI=1S/C8H14N4.ClH/c9-7-1-3-8(4-2-7)12-10-5-6-11-12;/h5-8H,1-4,9H2;1H. The van der Waals surface area contributed by atoms with E-state index in [0.717, 1.165) is 25.7 Å². The van der Waals surface area contributed by atoms with E-state index in [-0.39, 0.29) is 12.4 Å². The maximum Gasteiger partial charge on any atom is 0.0717 e. The molecule has 1 heterocycles. The first-order valence-electron chi connectivity index (χ1n) is 4.47. The lowest BCUT2D eigenvalue weighted by atomic mass is 9.92. The Hall–Kier alpha value is -0.610. The first-order chi connectivity index (χ1) is 5.86. The highest BCUT2D eigenvalue weighted by Gasteiger charge is 2.20. The first kappa shape index (κ1) is 10.5. The molecule has 0 saturated heterocycles. The van der Waals surface area contributed by atoms with E-state index in [0.29, 0.717) is 12.1 Å². The molecule has 0 radical (unpaired) electrons. The summed E-state index contributed by atoms with van der Waals surface area (Å²) in [7, 11) is 0. The highest BCUT2D eigenvalue weighted by Crippen LogP contribution is 2.25. The summed E-state index contributed by atoms with van der Waals surface area (Å²) in [6.45, 7) is 0. The second kappa shape index (κ2) is 4.58. The Bertz CT molecular complexity index is 228. The van der Waals surface area contributed by atoms with E-state index in [2.05, 4.69) is 10.2 Å². The molecular formula is C8H15ClN4. The van der Waals surface area contributed by atoms with Gasteiger partial charge in [0.05, 0.1) is 18.4 Å². The normalized spacial score (nSPS) is 28.1. The quantitative estimate of drug-likeness (QED) is 0.743. The lowest BCUT2D eigenvalue weighted by Crippen LogP contribution is -2.28. The molecule has 74 valence electrons. The number of nitrogens with zero attached hydrogens (tertiary/aromatic N) is 3. The molecule has 2 rings (SSSR count). The minimum atomic E-state index is 0. The number of hydrogen-bond donors (Lipinski definition) is 1. The Morgan fingerprint density at radius 2 is 1.62 bits per heavy atom.